The molecule has 1 aliphatic rings. The van der Waals surface area contributed by atoms with E-state index in [0.29, 0.717) is 0 Å². The third-order valence-corrected chi connectivity index (χ3v) is 3.96. The smallest absolute Gasteiger partial charge is 0.474 e. The number of aliphatic hydroxyl groups excluding tert-OH is 2. The van der Waals surface area contributed by atoms with Gasteiger partial charge in [-0.05, 0) is 6.07 Å². The van der Waals surface area contributed by atoms with Crippen molar-refractivity contribution < 1.29 is 47.9 Å². The van der Waals surface area contributed by atoms with Gasteiger partial charge >= 0.3 is 13.8 Å². The maximum Gasteiger partial charge on any atom is 0.474 e. The van der Waals surface area contributed by atoms with Crippen LogP contribution in [0, 0.1) is 0 Å². The van der Waals surface area contributed by atoms with E-state index in [1.54, 1.807) is 0 Å². The molecular formula is C11H15NO9P+. The molecule has 10 nitrogen and oxygen atoms in total. The van der Waals surface area contributed by atoms with Gasteiger partial charge < -0.3 is 20.2 Å². The lowest BCUT2D eigenvalue weighted by molar-refractivity contribution is -0.767. The van der Waals surface area contributed by atoms with E-state index >= 15 is 0 Å². The predicted octanol–water partition coefficient (Wildman–Crippen LogP) is -0.988. The van der Waals surface area contributed by atoms with E-state index in [1.807, 2.05) is 0 Å². The number of rotatable bonds is 5. The Morgan fingerprint density at radius 1 is 1.41 bits per heavy atom. The first-order valence-corrected chi connectivity index (χ1v) is 7.57. The molecule has 122 valence electrons. The third-order valence-electron chi connectivity index (χ3n) is 3.03. The number of pyridine rings is 1. The van der Waals surface area contributed by atoms with Crippen molar-refractivity contribution in [3.63, 3.8) is 0 Å². The lowest BCUT2D eigenvalue weighted by atomic mass is 10.2. The molecule has 0 amide bonds. The summed E-state index contributed by atoms with van der Waals surface area (Å²) in [6.45, 7) is 0. The molecule has 0 saturated carbocycles. The highest BCUT2D eigenvalue weighted by Crippen LogP contribution is 2.46. The summed E-state index contributed by atoms with van der Waals surface area (Å²) in [7, 11) is -3.50. The number of carbonyl (C=O) groups is 1. The van der Waals surface area contributed by atoms with Crippen molar-refractivity contribution in [2.45, 2.75) is 24.7 Å². The van der Waals surface area contributed by atoms with Crippen molar-refractivity contribution in [1.82, 2.24) is 0 Å². The van der Waals surface area contributed by atoms with Gasteiger partial charge in [0.05, 0.1) is 0 Å². The zero-order valence-electron chi connectivity index (χ0n) is 11.3. The molecule has 2 heterocycles. The van der Waals surface area contributed by atoms with Gasteiger partial charge in [-0.25, -0.2) is 9.36 Å². The van der Waals surface area contributed by atoms with Crippen LogP contribution in [0.5, 0.6) is 0 Å². The molecule has 2 rings (SSSR count). The molecule has 1 aromatic heterocycles. The lowest BCUT2D eigenvalue weighted by Gasteiger charge is -2.16. The second-order valence-electron chi connectivity index (χ2n) is 4.48. The highest BCUT2D eigenvalue weighted by molar-refractivity contribution is 7.47. The molecule has 0 spiro atoms. The highest BCUT2D eigenvalue weighted by Gasteiger charge is 2.51. The molecule has 5 atom stereocenters. The highest BCUT2D eigenvalue weighted by atomic mass is 31.2. The van der Waals surface area contributed by atoms with Crippen molar-refractivity contribution in [1.29, 1.82) is 0 Å². The maximum absolute atomic E-state index is 11.3. The Labute approximate surface area is 124 Å². The molecule has 4 N–H and O–H groups in total. The van der Waals surface area contributed by atoms with Crippen LogP contribution < -0.4 is 4.57 Å². The molecule has 0 bridgehead atoms. The van der Waals surface area contributed by atoms with E-state index in [-0.39, 0.29) is 5.56 Å². The van der Waals surface area contributed by atoms with Crippen molar-refractivity contribution in [2.24, 2.45) is 0 Å². The number of aliphatic hydroxyl groups is 2. The van der Waals surface area contributed by atoms with Gasteiger partial charge in [0, 0.05) is 13.2 Å². The standard InChI is InChI=1S/C11H14NO9P/c1-19-22(17,18)21-11-8(14)7(13)9(20-11)12-4-2-3-6(5-12)10(15)16/h2-5,7-9,11,13-14H,1H3,(H-,15,16,17,18)/p+1/t7-,8+,9-,11-/m1/s1. The zero-order chi connectivity index (χ0) is 16.5. The molecule has 0 radical (unpaired) electrons. The predicted molar refractivity (Wildman–Crippen MR) is 67.4 cm³/mol. The van der Waals surface area contributed by atoms with Crippen LogP contribution in [0.2, 0.25) is 0 Å². The average molecular weight is 336 g/mol. The van der Waals surface area contributed by atoms with Crippen molar-refractivity contribution in [3.8, 4) is 0 Å². The van der Waals surface area contributed by atoms with Crippen LogP contribution in [0.25, 0.3) is 0 Å². The largest absolute Gasteiger partial charge is 0.477 e. The number of carboxylic acids is 1. The first-order valence-electron chi connectivity index (χ1n) is 6.08. The van der Waals surface area contributed by atoms with E-state index in [2.05, 4.69) is 9.05 Å². The Morgan fingerprint density at radius 3 is 2.68 bits per heavy atom. The van der Waals surface area contributed by atoms with Gasteiger partial charge in [0.1, 0.15) is 11.7 Å². The minimum atomic E-state index is -4.43. The van der Waals surface area contributed by atoms with Gasteiger partial charge in [-0.15, -0.1) is 0 Å². The summed E-state index contributed by atoms with van der Waals surface area (Å²) in [4.78, 5) is 20.1. The van der Waals surface area contributed by atoms with Crippen LogP contribution >= 0.6 is 7.82 Å². The molecular weight excluding hydrogens is 321 g/mol. The Morgan fingerprint density at radius 2 is 2.09 bits per heavy atom. The first-order chi connectivity index (χ1) is 10.2. The minimum absolute atomic E-state index is 0.0677. The normalized spacial score (nSPS) is 30.9. The van der Waals surface area contributed by atoms with Gasteiger partial charge in [-0.3, -0.25) is 13.8 Å². The number of carboxylic acid groups (broad SMARTS) is 1. The fourth-order valence-electron chi connectivity index (χ4n) is 1.91. The summed E-state index contributed by atoms with van der Waals surface area (Å²) in [6, 6.07) is 2.74. The summed E-state index contributed by atoms with van der Waals surface area (Å²) >= 11 is 0. The summed E-state index contributed by atoms with van der Waals surface area (Å²) < 4.78 is 26.5. The second-order valence-corrected chi connectivity index (χ2v) is 5.99. The Hall–Kier alpha value is -1.39. The van der Waals surface area contributed by atoms with E-state index in [0.717, 1.165) is 7.11 Å². The SMILES string of the molecule is COP(=O)(O)O[C@H]1O[C@@H]([n+]2cccc(C(=O)O)c2)[C@H](O)[C@@H]1O. The summed E-state index contributed by atoms with van der Waals surface area (Å²) in [5.74, 6) is -1.19. The number of aromatic carboxylic acids is 1. The van der Waals surface area contributed by atoms with Crippen LogP contribution in [0.15, 0.2) is 24.5 Å². The number of aromatic nitrogens is 1. The van der Waals surface area contributed by atoms with Gasteiger partial charge in [-0.1, -0.05) is 0 Å². The van der Waals surface area contributed by atoms with Gasteiger partial charge in [0.2, 0.25) is 6.29 Å². The number of nitrogens with zero attached hydrogens (tertiary/aromatic N) is 1. The topological polar surface area (TPSA) is 147 Å². The number of phosphoric ester groups is 1. The fraction of sp³-hybridized carbons (Fsp3) is 0.455. The third kappa shape index (κ3) is 3.50. The summed E-state index contributed by atoms with van der Waals surface area (Å²) in [5.41, 5.74) is -0.0677. The van der Waals surface area contributed by atoms with E-state index in [1.165, 1.54) is 29.1 Å². The van der Waals surface area contributed by atoms with Crippen LogP contribution in [0.4, 0.5) is 0 Å². The van der Waals surface area contributed by atoms with Crippen LogP contribution in [-0.2, 0) is 18.3 Å². The van der Waals surface area contributed by atoms with E-state index in [9.17, 15) is 24.5 Å². The number of hydrogen-bond donors (Lipinski definition) is 4. The Kier molecular flexibility index (Phi) is 4.93. The van der Waals surface area contributed by atoms with Crippen molar-refractivity contribution in [3.05, 3.63) is 30.1 Å². The van der Waals surface area contributed by atoms with Crippen molar-refractivity contribution >= 4 is 13.8 Å². The number of ether oxygens (including phenoxy) is 1. The molecule has 11 heteroatoms. The van der Waals surface area contributed by atoms with Crippen molar-refractivity contribution in [2.75, 3.05) is 7.11 Å². The van der Waals surface area contributed by atoms with E-state index in [4.69, 9.17) is 9.84 Å². The maximum atomic E-state index is 11.3. The zero-order valence-corrected chi connectivity index (χ0v) is 12.2. The van der Waals surface area contributed by atoms with Crippen LogP contribution in [0.3, 0.4) is 0 Å². The van der Waals surface area contributed by atoms with E-state index < -0.39 is 38.5 Å². The molecule has 1 unspecified atom stereocenters. The molecule has 0 aromatic carbocycles. The molecule has 1 saturated heterocycles. The second kappa shape index (κ2) is 6.39. The van der Waals surface area contributed by atoms with Crippen LogP contribution in [-0.4, -0.2) is 51.8 Å². The fourth-order valence-corrected chi connectivity index (χ4v) is 2.44. The van der Waals surface area contributed by atoms with Gasteiger partial charge in [-0.2, -0.15) is 4.57 Å². The molecule has 22 heavy (non-hydrogen) atoms. The minimum Gasteiger partial charge on any atom is -0.477 e. The number of hydrogen-bond acceptors (Lipinski definition) is 7. The quantitative estimate of drug-likeness (QED) is 0.393. The monoisotopic (exact) mass is 336 g/mol. The summed E-state index contributed by atoms with van der Waals surface area (Å²) in [6.07, 6.45) is -3.35. The molecule has 1 aliphatic heterocycles. The first kappa shape index (κ1) is 17.0. The summed E-state index contributed by atoms with van der Waals surface area (Å²) in [5, 5.41) is 28.7. The molecule has 0 aliphatic carbocycles. The van der Waals surface area contributed by atoms with Gasteiger partial charge in [0.15, 0.2) is 18.5 Å². The molecule has 1 aromatic rings. The number of phosphoric acid groups is 1. The Balaban J connectivity index is 2.21. The molecule has 1 fully saturated rings. The lowest BCUT2D eigenvalue weighted by Crippen LogP contribution is -2.46. The van der Waals surface area contributed by atoms with Crippen LogP contribution in [0.1, 0.15) is 16.6 Å². The van der Waals surface area contributed by atoms with Gasteiger partial charge in [0.25, 0.3) is 6.23 Å². The Bertz CT molecular complexity index is 609. The average Bonchev–Trinajstić information content (AvgIpc) is 2.75.